The van der Waals surface area contributed by atoms with Gasteiger partial charge in [0.15, 0.2) is 0 Å². The van der Waals surface area contributed by atoms with Crippen LogP contribution in [0.4, 0.5) is 0 Å². The van der Waals surface area contributed by atoms with Crippen molar-refractivity contribution in [3.63, 3.8) is 0 Å². The molecule has 0 saturated carbocycles. The molecular formula is C11H20O6Zr. The van der Waals surface area contributed by atoms with Crippen molar-refractivity contribution in [1.82, 2.24) is 0 Å². The molecule has 0 fully saturated rings. The van der Waals surface area contributed by atoms with E-state index in [0.717, 1.165) is 0 Å². The van der Waals surface area contributed by atoms with E-state index in [2.05, 4.69) is 4.74 Å². The molecule has 0 aromatic rings. The second kappa shape index (κ2) is 10.8. The molecule has 0 atom stereocenters. The van der Waals surface area contributed by atoms with E-state index < -0.39 is 24.1 Å². The van der Waals surface area contributed by atoms with Gasteiger partial charge in [0.2, 0.25) is 5.78 Å². The number of carbonyl (C=O) groups is 2. The van der Waals surface area contributed by atoms with E-state index in [1.165, 1.54) is 7.11 Å². The van der Waals surface area contributed by atoms with E-state index in [0.29, 0.717) is 0 Å². The van der Waals surface area contributed by atoms with Crippen molar-refractivity contribution in [2.45, 2.75) is 33.2 Å². The van der Waals surface area contributed by atoms with Gasteiger partial charge in [-0.3, -0.25) is 9.59 Å². The Morgan fingerprint density at radius 2 is 1.33 bits per heavy atom. The molecule has 0 rings (SSSR count). The summed E-state index contributed by atoms with van der Waals surface area (Å²) in [5.41, 5.74) is 0. The minimum atomic E-state index is -1.80. The minimum Gasteiger partial charge on any atom is -0.469 e. The fourth-order valence-electron chi connectivity index (χ4n) is 1.25. The van der Waals surface area contributed by atoms with Crippen LogP contribution >= 0.6 is 0 Å². The molecule has 0 N–H and O–H groups in total. The number of carbonyl (C=O) groups excluding carboxylic acids is 2. The van der Waals surface area contributed by atoms with E-state index in [4.69, 9.17) is 14.2 Å². The van der Waals surface area contributed by atoms with Crippen LogP contribution in [0.25, 0.3) is 0 Å². The summed E-state index contributed by atoms with van der Waals surface area (Å²) < 4.78 is 20.1. The molecule has 0 aliphatic carbocycles. The predicted molar refractivity (Wildman–Crippen MR) is 59.2 cm³/mol. The second-order valence-electron chi connectivity index (χ2n) is 3.03. The Hall–Kier alpha value is -0.0969. The molecule has 0 aliphatic heterocycles. The number of methoxy groups -OCH3 is 1. The van der Waals surface area contributed by atoms with Gasteiger partial charge in [-0.15, -0.1) is 0 Å². The summed E-state index contributed by atoms with van der Waals surface area (Å²) in [6, 6.07) is 0. The van der Waals surface area contributed by atoms with Crippen LogP contribution in [-0.4, -0.2) is 44.7 Å². The van der Waals surface area contributed by atoms with Gasteiger partial charge in [-0.05, 0) is 20.8 Å². The van der Waals surface area contributed by atoms with Crippen LogP contribution < -0.4 is 0 Å². The zero-order chi connectivity index (χ0) is 13.3. The number of ether oxygens (including phenoxy) is 4. The summed E-state index contributed by atoms with van der Waals surface area (Å²) in [6.45, 7) is 5.81. The first-order valence-electron chi connectivity index (χ1n) is 5.58. The second-order valence-corrected chi connectivity index (χ2v) is 3.03. The van der Waals surface area contributed by atoms with Crippen LogP contribution in [0, 0.1) is 0 Å². The Labute approximate surface area is 126 Å². The zero-order valence-electron chi connectivity index (χ0n) is 11.3. The number of esters is 1. The van der Waals surface area contributed by atoms with Crippen molar-refractivity contribution in [3.05, 3.63) is 0 Å². The van der Waals surface area contributed by atoms with Gasteiger partial charge in [0.1, 0.15) is 6.42 Å². The van der Waals surface area contributed by atoms with Crippen molar-refractivity contribution in [1.29, 1.82) is 0 Å². The monoisotopic (exact) mass is 338 g/mol. The van der Waals surface area contributed by atoms with Gasteiger partial charge in [-0.25, -0.2) is 0 Å². The summed E-state index contributed by atoms with van der Waals surface area (Å²) in [5.74, 6) is -3.06. The first-order chi connectivity index (χ1) is 8.06. The van der Waals surface area contributed by atoms with Gasteiger partial charge in [0.25, 0.3) is 0 Å². The predicted octanol–water partition coefficient (Wildman–Crippen LogP) is 0.879. The molecule has 0 amide bonds. The molecule has 0 aliphatic rings. The Kier molecular flexibility index (Phi) is 12.1. The van der Waals surface area contributed by atoms with Crippen molar-refractivity contribution in [2.24, 2.45) is 0 Å². The molecule has 0 heterocycles. The summed E-state index contributed by atoms with van der Waals surface area (Å²) in [4.78, 5) is 23.0. The molecule has 0 saturated heterocycles. The summed E-state index contributed by atoms with van der Waals surface area (Å²) in [5, 5.41) is 0. The van der Waals surface area contributed by atoms with Crippen molar-refractivity contribution >= 4 is 11.8 Å². The molecule has 0 bridgehead atoms. The van der Waals surface area contributed by atoms with Gasteiger partial charge < -0.3 is 18.9 Å². The molecule has 0 unspecified atom stereocenters. The van der Waals surface area contributed by atoms with Crippen LogP contribution in [0.1, 0.15) is 27.2 Å². The number of hydrogen-bond donors (Lipinski definition) is 0. The molecule has 0 aromatic carbocycles. The smallest absolute Gasteiger partial charge is 0.347 e. The topological polar surface area (TPSA) is 71.1 Å². The average molecular weight is 339 g/mol. The van der Waals surface area contributed by atoms with Crippen LogP contribution in [0.3, 0.4) is 0 Å². The molecule has 104 valence electrons. The van der Waals surface area contributed by atoms with E-state index in [-0.39, 0.29) is 46.0 Å². The average Bonchev–Trinajstić information content (AvgIpc) is 2.29. The van der Waals surface area contributed by atoms with Crippen LogP contribution in [0.5, 0.6) is 0 Å². The quantitative estimate of drug-likeness (QED) is 0.353. The Morgan fingerprint density at radius 3 is 1.61 bits per heavy atom. The summed E-state index contributed by atoms with van der Waals surface area (Å²) in [7, 11) is 1.21. The maximum Gasteiger partial charge on any atom is 0.347 e. The number of hydrogen-bond acceptors (Lipinski definition) is 6. The van der Waals surface area contributed by atoms with Crippen molar-refractivity contribution in [2.75, 3.05) is 26.9 Å². The molecule has 6 nitrogen and oxygen atoms in total. The van der Waals surface area contributed by atoms with Crippen molar-refractivity contribution in [3.8, 4) is 0 Å². The third kappa shape index (κ3) is 6.18. The Balaban J connectivity index is 0. The first-order valence-corrected chi connectivity index (χ1v) is 5.58. The van der Waals surface area contributed by atoms with Gasteiger partial charge in [-0.1, -0.05) is 0 Å². The van der Waals surface area contributed by atoms with Gasteiger partial charge in [0.05, 0.1) is 26.9 Å². The van der Waals surface area contributed by atoms with Crippen LogP contribution in [0.2, 0.25) is 0 Å². The minimum absolute atomic E-state index is 0. The summed E-state index contributed by atoms with van der Waals surface area (Å²) >= 11 is 0. The SMILES string of the molecule is CCOC(OCC)(OCC)C(=O)CC(=O)OC.[Zr]. The normalized spacial score (nSPS) is 10.7. The molecule has 0 spiro atoms. The van der Waals surface area contributed by atoms with Crippen LogP contribution in [0.15, 0.2) is 0 Å². The van der Waals surface area contributed by atoms with Gasteiger partial charge in [-0.2, -0.15) is 0 Å². The third-order valence-corrected chi connectivity index (χ3v) is 1.88. The van der Waals surface area contributed by atoms with E-state index in [1.807, 2.05) is 0 Å². The summed E-state index contributed by atoms with van der Waals surface area (Å²) in [6.07, 6.45) is -0.448. The Morgan fingerprint density at radius 1 is 0.944 bits per heavy atom. The van der Waals surface area contributed by atoms with Gasteiger partial charge in [0, 0.05) is 26.2 Å². The maximum absolute atomic E-state index is 11.9. The Bertz CT molecular complexity index is 239. The molecule has 7 heteroatoms. The van der Waals surface area contributed by atoms with E-state index in [1.54, 1.807) is 20.8 Å². The number of ketones is 1. The largest absolute Gasteiger partial charge is 0.469 e. The van der Waals surface area contributed by atoms with E-state index >= 15 is 0 Å². The maximum atomic E-state index is 11.9. The zero-order valence-corrected chi connectivity index (χ0v) is 13.7. The van der Waals surface area contributed by atoms with Crippen LogP contribution in [-0.2, 0) is 54.7 Å². The fraction of sp³-hybridized carbons (Fsp3) is 0.818. The first kappa shape index (κ1) is 20.2. The molecular weight excluding hydrogens is 319 g/mol. The number of Topliss-reactive ketones (excluding diaryl/α,β-unsaturated/α-hetero) is 1. The fourth-order valence-corrected chi connectivity index (χ4v) is 1.25. The molecule has 0 aromatic heterocycles. The molecule has 0 radical (unpaired) electrons. The van der Waals surface area contributed by atoms with Gasteiger partial charge >= 0.3 is 11.9 Å². The van der Waals surface area contributed by atoms with Crippen molar-refractivity contribution < 1.29 is 54.7 Å². The number of rotatable bonds is 9. The standard InChI is InChI=1S/C11H20O6.Zr/c1-5-15-11(16-6-2,17-7-3)9(12)8-10(13)14-4;/h5-8H2,1-4H3;. The third-order valence-electron chi connectivity index (χ3n) is 1.88. The van der Waals surface area contributed by atoms with E-state index in [9.17, 15) is 9.59 Å². The molecule has 18 heavy (non-hydrogen) atoms.